The number of likely N-dealkylation sites (tertiary alicyclic amines) is 1. The predicted octanol–water partition coefficient (Wildman–Crippen LogP) is 1.86. The van der Waals surface area contributed by atoms with Crippen LogP contribution in [0.2, 0.25) is 0 Å². The third-order valence-electron chi connectivity index (χ3n) is 3.60. The van der Waals surface area contributed by atoms with Gasteiger partial charge in [0.25, 0.3) is 0 Å². The lowest BCUT2D eigenvalue weighted by Gasteiger charge is -2.29. The Morgan fingerprint density at radius 1 is 1.38 bits per heavy atom. The summed E-state index contributed by atoms with van der Waals surface area (Å²) < 4.78 is 4.67. The molecule has 0 radical (unpaired) electrons. The van der Waals surface area contributed by atoms with E-state index in [-0.39, 0.29) is 11.9 Å². The van der Waals surface area contributed by atoms with Crippen molar-refractivity contribution in [3.63, 3.8) is 0 Å². The number of carbonyl (C=O) groups is 1. The predicted molar refractivity (Wildman–Crippen MR) is 81.5 cm³/mol. The van der Waals surface area contributed by atoms with Gasteiger partial charge in [-0.3, -0.25) is 0 Å². The van der Waals surface area contributed by atoms with Crippen LogP contribution in [0.1, 0.15) is 42.5 Å². The highest BCUT2D eigenvalue weighted by Crippen LogP contribution is 2.12. The second-order valence-electron chi connectivity index (χ2n) is 5.62. The number of methoxy groups -OCH3 is 1. The maximum absolute atomic E-state index is 11.5. The van der Waals surface area contributed by atoms with E-state index < -0.39 is 5.97 Å². The Hall–Kier alpha value is -1.69. The second-order valence-corrected chi connectivity index (χ2v) is 5.62. The summed E-state index contributed by atoms with van der Waals surface area (Å²) >= 11 is 0. The van der Waals surface area contributed by atoms with Gasteiger partial charge in [-0.25, -0.2) is 14.8 Å². The molecule has 0 bridgehead atoms. The quantitative estimate of drug-likeness (QED) is 0.836. The summed E-state index contributed by atoms with van der Waals surface area (Å²) in [7, 11) is 1.33. The van der Waals surface area contributed by atoms with Crippen molar-refractivity contribution in [2.45, 2.75) is 39.2 Å². The van der Waals surface area contributed by atoms with Gasteiger partial charge in [0.2, 0.25) is 5.82 Å². The number of aryl methyl sites for hydroxylation is 1. The van der Waals surface area contributed by atoms with E-state index in [1.807, 2.05) is 13.0 Å². The Kier molecular flexibility index (Phi) is 5.50. The number of nitrogens with one attached hydrogen (secondary N) is 1. The van der Waals surface area contributed by atoms with E-state index in [4.69, 9.17) is 0 Å². The first-order valence-electron chi connectivity index (χ1n) is 7.51. The van der Waals surface area contributed by atoms with Crippen LogP contribution in [0.15, 0.2) is 6.07 Å². The SMILES string of the molecule is COC(=O)c1nc(C)cc(NC(C)CN2CCCCC2)n1. The van der Waals surface area contributed by atoms with E-state index in [1.54, 1.807) is 0 Å². The van der Waals surface area contributed by atoms with Gasteiger partial charge in [0.15, 0.2) is 0 Å². The third-order valence-corrected chi connectivity index (χ3v) is 3.60. The number of hydrogen-bond donors (Lipinski definition) is 1. The number of esters is 1. The van der Waals surface area contributed by atoms with Crippen LogP contribution in [0.5, 0.6) is 0 Å². The highest BCUT2D eigenvalue weighted by molar-refractivity contribution is 5.85. The number of rotatable bonds is 5. The summed E-state index contributed by atoms with van der Waals surface area (Å²) in [5.41, 5.74) is 0.748. The summed E-state index contributed by atoms with van der Waals surface area (Å²) in [6.45, 7) is 7.29. The Morgan fingerprint density at radius 2 is 2.10 bits per heavy atom. The largest absolute Gasteiger partial charge is 0.463 e. The molecule has 0 aliphatic carbocycles. The molecule has 1 N–H and O–H groups in total. The number of piperidine rings is 1. The minimum Gasteiger partial charge on any atom is -0.463 e. The van der Waals surface area contributed by atoms with Crippen molar-refractivity contribution in [2.24, 2.45) is 0 Å². The number of carbonyl (C=O) groups excluding carboxylic acids is 1. The van der Waals surface area contributed by atoms with Crippen LogP contribution in [0.3, 0.4) is 0 Å². The first-order chi connectivity index (χ1) is 10.1. The Morgan fingerprint density at radius 3 is 2.76 bits per heavy atom. The van der Waals surface area contributed by atoms with Gasteiger partial charge >= 0.3 is 5.97 Å². The Balaban J connectivity index is 1.97. The lowest BCUT2D eigenvalue weighted by molar-refractivity contribution is 0.0586. The molecular formula is C15H24N4O2. The first kappa shape index (κ1) is 15.7. The minimum absolute atomic E-state index is 0.102. The van der Waals surface area contributed by atoms with Gasteiger partial charge in [0.05, 0.1) is 7.11 Å². The van der Waals surface area contributed by atoms with Crippen molar-refractivity contribution in [1.29, 1.82) is 0 Å². The highest BCUT2D eigenvalue weighted by atomic mass is 16.5. The summed E-state index contributed by atoms with van der Waals surface area (Å²) in [4.78, 5) is 22.3. The van der Waals surface area contributed by atoms with Crippen molar-refractivity contribution in [3.8, 4) is 0 Å². The number of nitrogens with zero attached hydrogens (tertiary/aromatic N) is 3. The third kappa shape index (κ3) is 4.67. The molecule has 6 heteroatoms. The zero-order valence-corrected chi connectivity index (χ0v) is 13.1. The van der Waals surface area contributed by atoms with Crippen LogP contribution in [-0.2, 0) is 4.74 Å². The summed E-state index contributed by atoms with van der Waals surface area (Å²) in [5, 5.41) is 3.35. The molecule has 1 aromatic rings. The molecule has 6 nitrogen and oxygen atoms in total. The van der Waals surface area contributed by atoms with Gasteiger partial charge < -0.3 is 15.0 Å². The molecule has 0 spiro atoms. The molecule has 1 aliphatic heterocycles. The zero-order valence-electron chi connectivity index (χ0n) is 13.1. The van der Waals surface area contributed by atoms with Crippen LogP contribution in [0.4, 0.5) is 5.82 Å². The number of hydrogen-bond acceptors (Lipinski definition) is 6. The van der Waals surface area contributed by atoms with Crippen LogP contribution in [0, 0.1) is 6.92 Å². The van der Waals surface area contributed by atoms with Gasteiger partial charge in [-0.05, 0) is 39.8 Å². The van der Waals surface area contributed by atoms with Gasteiger partial charge in [-0.1, -0.05) is 6.42 Å². The van der Waals surface area contributed by atoms with Crippen LogP contribution in [-0.4, -0.2) is 53.6 Å². The maximum Gasteiger partial charge on any atom is 0.376 e. The molecule has 2 heterocycles. The van der Waals surface area contributed by atoms with E-state index in [2.05, 4.69) is 31.8 Å². The lowest BCUT2D eigenvalue weighted by Crippen LogP contribution is -2.38. The fourth-order valence-corrected chi connectivity index (χ4v) is 2.65. The fraction of sp³-hybridized carbons (Fsp3) is 0.667. The normalized spacial score (nSPS) is 17.3. The number of ether oxygens (including phenoxy) is 1. The van der Waals surface area contributed by atoms with Gasteiger partial charge in [-0.15, -0.1) is 0 Å². The summed E-state index contributed by atoms with van der Waals surface area (Å²) in [6, 6.07) is 2.11. The minimum atomic E-state index is -0.509. The van der Waals surface area contributed by atoms with Gasteiger partial charge in [0, 0.05) is 24.3 Å². The molecular weight excluding hydrogens is 268 g/mol. The molecule has 1 fully saturated rings. The van der Waals surface area contributed by atoms with Crippen LogP contribution < -0.4 is 5.32 Å². The van der Waals surface area contributed by atoms with Crippen molar-refractivity contribution in [3.05, 3.63) is 17.6 Å². The molecule has 1 saturated heterocycles. The van der Waals surface area contributed by atoms with Crippen LogP contribution >= 0.6 is 0 Å². The average Bonchev–Trinajstić information content (AvgIpc) is 2.46. The Labute approximate surface area is 125 Å². The molecule has 0 amide bonds. The molecule has 1 atom stereocenters. The van der Waals surface area contributed by atoms with E-state index in [1.165, 1.54) is 39.5 Å². The van der Waals surface area contributed by atoms with E-state index in [0.717, 1.165) is 12.2 Å². The molecule has 1 unspecified atom stereocenters. The highest BCUT2D eigenvalue weighted by Gasteiger charge is 2.15. The van der Waals surface area contributed by atoms with Crippen LogP contribution in [0.25, 0.3) is 0 Å². The second kappa shape index (κ2) is 7.36. The average molecular weight is 292 g/mol. The first-order valence-corrected chi connectivity index (χ1v) is 7.51. The molecule has 2 rings (SSSR count). The van der Waals surface area contributed by atoms with Crippen molar-refractivity contribution in [1.82, 2.24) is 14.9 Å². The van der Waals surface area contributed by atoms with E-state index in [0.29, 0.717) is 5.82 Å². The monoisotopic (exact) mass is 292 g/mol. The number of aromatic nitrogens is 2. The van der Waals surface area contributed by atoms with Crippen molar-refractivity contribution in [2.75, 3.05) is 32.1 Å². The molecule has 0 aromatic carbocycles. The molecule has 1 aromatic heterocycles. The standard InChI is InChI=1S/C15H24N4O2/c1-11-9-13(18-14(17-11)15(20)21-3)16-12(2)10-19-7-5-4-6-8-19/h9,12H,4-8,10H2,1-3H3,(H,16,17,18). The Bertz CT molecular complexity index is 487. The van der Waals surface area contributed by atoms with E-state index in [9.17, 15) is 4.79 Å². The summed E-state index contributed by atoms with van der Waals surface area (Å²) in [6.07, 6.45) is 3.91. The van der Waals surface area contributed by atoms with Crippen molar-refractivity contribution < 1.29 is 9.53 Å². The smallest absolute Gasteiger partial charge is 0.376 e. The van der Waals surface area contributed by atoms with Crippen molar-refractivity contribution >= 4 is 11.8 Å². The molecule has 0 saturated carbocycles. The van der Waals surface area contributed by atoms with E-state index >= 15 is 0 Å². The molecule has 1 aliphatic rings. The maximum atomic E-state index is 11.5. The fourth-order valence-electron chi connectivity index (χ4n) is 2.65. The number of anilines is 1. The molecule has 21 heavy (non-hydrogen) atoms. The molecule has 116 valence electrons. The van der Waals surface area contributed by atoms with Gasteiger partial charge in [0.1, 0.15) is 5.82 Å². The topological polar surface area (TPSA) is 67.3 Å². The van der Waals surface area contributed by atoms with Gasteiger partial charge in [-0.2, -0.15) is 0 Å². The zero-order chi connectivity index (χ0) is 15.2. The lowest BCUT2D eigenvalue weighted by atomic mass is 10.1. The summed E-state index contributed by atoms with van der Waals surface area (Å²) in [5.74, 6) is 0.267.